The minimum Gasteiger partial charge on any atom is -0.481 e. The summed E-state index contributed by atoms with van der Waals surface area (Å²) in [6, 6.07) is -0.512. The van der Waals surface area contributed by atoms with Gasteiger partial charge in [0.05, 0.1) is 6.61 Å². The molecule has 17 heavy (non-hydrogen) atoms. The highest BCUT2D eigenvalue weighted by atomic mass is 16.5. The van der Waals surface area contributed by atoms with Gasteiger partial charge in [-0.1, -0.05) is 0 Å². The van der Waals surface area contributed by atoms with E-state index in [2.05, 4.69) is 5.32 Å². The van der Waals surface area contributed by atoms with Gasteiger partial charge in [-0.05, 0) is 6.42 Å². The molecule has 0 rings (SSSR count). The molecule has 0 fully saturated rings. The van der Waals surface area contributed by atoms with Crippen molar-refractivity contribution in [2.24, 2.45) is 0 Å². The molecule has 0 aromatic carbocycles. The monoisotopic (exact) mass is 246 g/mol. The third-order valence-corrected chi connectivity index (χ3v) is 2.02. The van der Waals surface area contributed by atoms with Gasteiger partial charge in [0.15, 0.2) is 0 Å². The Hall–Kier alpha value is -1.63. The molecule has 0 aliphatic heterocycles. The first kappa shape index (κ1) is 15.4. The lowest BCUT2D eigenvalue weighted by atomic mass is 10.2. The SMILES string of the molecule is COCCN(C)C(=O)NC(=O)CCCC(=O)O. The molecule has 0 unspecified atom stereocenters. The van der Waals surface area contributed by atoms with Crippen molar-refractivity contribution in [2.45, 2.75) is 19.3 Å². The summed E-state index contributed by atoms with van der Waals surface area (Å²) in [4.78, 5) is 34.1. The number of carbonyl (C=O) groups is 3. The van der Waals surface area contributed by atoms with Gasteiger partial charge in [0.2, 0.25) is 5.91 Å². The summed E-state index contributed by atoms with van der Waals surface area (Å²) in [5.41, 5.74) is 0. The number of nitrogens with one attached hydrogen (secondary N) is 1. The topological polar surface area (TPSA) is 95.9 Å². The number of aliphatic carboxylic acids is 1. The van der Waals surface area contributed by atoms with Crippen LogP contribution in [0.15, 0.2) is 0 Å². The minimum atomic E-state index is -0.957. The molecular weight excluding hydrogens is 228 g/mol. The number of imide groups is 1. The smallest absolute Gasteiger partial charge is 0.323 e. The normalized spacial score (nSPS) is 9.76. The molecule has 0 saturated heterocycles. The number of rotatable bonds is 7. The molecule has 0 atom stereocenters. The summed E-state index contributed by atoms with van der Waals surface area (Å²) in [7, 11) is 3.06. The Morgan fingerprint density at radius 1 is 1.29 bits per heavy atom. The Bertz CT molecular complexity index is 280. The lowest BCUT2D eigenvalue weighted by molar-refractivity contribution is -0.137. The van der Waals surface area contributed by atoms with E-state index in [0.717, 1.165) is 0 Å². The van der Waals surface area contributed by atoms with Crippen LogP contribution in [0.2, 0.25) is 0 Å². The number of nitrogens with zero attached hydrogens (tertiary/aromatic N) is 1. The first-order valence-corrected chi connectivity index (χ1v) is 5.23. The number of ether oxygens (including phenoxy) is 1. The van der Waals surface area contributed by atoms with Crippen molar-refractivity contribution in [1.29, 1.82) is 0 Å². The van der Waals surface area contributed by atoms with E-state index in [9.17, 15) is 14.4 Å². The van der Waals surface area contributed by atoms with Gasteiger partial charge < -0.3 is 14.7 Å². The quantitative estimate of drug-likeness (QED) is 0.662. The van der Waals surface area contributed by atoms with E-state index in [1.807, 2.05) is 0 Å². The molecule has 0 bridgehead atoms. The zero-order chi connectivity index (χ0) is 13.3. The Balaban J connectivity index is 3.79. The second-order valence-electron chi connectivity index (χ2n) is 3.51. The van der Waals surface area contributed by atoms with Crippen molar-refractivity contribution < 1.29 is 24.2 Å². The molecule has 7 nitrogen and oxygen atoms in total. The highest BCUT2D eigenvalue weighted by Crippen LogP contribution is 1.95. The second kappa shape index (κ2) is 8.51. The standard InChI is InChI=1S/C10H18N2O5/c1-12(6-7-17-2)10(16)11-8(13)4-3-5-9(14)15/h3-7H2,1-2H3,(H,14,15)(H,11,13,16). The third-order valence-electron chi connectivity index (χ3n) is 2.02. The van der Waals surface area contributed by atoms with E-state index in [4.69, 9.17) is 9.84 Å². The zero-order valence-electron chi connectivity index (χ0n) is 10.1. The van der Waals surface area contributed by atoms with Crippen LogP contribution in [0.5, 0.6) is 0 Å². The summed E-state index contributed by atoms with van der Waals surface area (Å²) in [6.45, 7) is 0.766. The molecule has 0 spiro atoms. The van der Waals surface area contributed by atoms with Gasteiger partial charge in [-0.25, -0.2) is 4.79 Å². The van der Waals surface area contributed by atoms with Crippen molar-refractivity contribution in [3.05, 3.63) is 0 Å². The highest BCUT2D eigenvalue weighted by Gasteiger charge is 2.12. The molecule has 0 aromatic heterocycles. The largest absolute Gasteiger partial charge is 0.481 e. The van der Waals surface area contributed by atoms with E-state index in [1.165, 1.54) is 12.0 Å². The van der Waals surface area contributed by atoms with E-state index >= 15 is 0 Å². The molecular formula is C10H18N2O5. The van der Waals surface area contributed by atoms with Gasteiger partial charge in [-0.2, -0.15) is 0 Å². The summed E-state index contributed by atoms with van der Waals surface area (Å²) in [5.74, 6) is -1.43. The summed E-state index contributed by atoms with van der Waals surface area (Å²) in [6.07, 6.45) is 0.160. The van der Waals surface area contributed by atoms with Crippen LogP contribution in [0.25, 0.3) is 0 Å². The molecule has 0 aromatic rings. The van der Waals surface area contributed by atoms with Crippen LogP contribution in [0, 0.1) is 0 Å². The van der Waals surface area contributed by atoms with Gasteiger partial charge in [0.1, 0.15) is 0 Å². The average Bonchev–Trinajstić information content (AvgIpc) is 2.25. The van der Waals surface area contributed by atoms with E-state index in [-0.39, 0.29) is 19.3 Å². The van der Waals surface area contributed by atoms with Crippen LogP contribution >= 0.6 is 0 Å². The molecule has 0 saturated carbocycles. The first-order valence-electron chi connectivity index (χ1n) is 5.23. The molecule has 0 aliphatic rings. The van der Waals surface area contributed by atoms with E-state index < -0.39 is 17.9 Å². The molecule has 2 N–H and O–H groups in total. The summed E-state index contributed by atoms with van der Waals surface area (Å²) in [5, 5.41) is 10.5. The van der Waals surface area contributed by atoms with Gasteiger partial charge >= 0.3 is 12.0 Å². The van der Waals surface area contributed by atoms with Crippen LogP contribution in [0.4, 0.5) is 4.79 Å². The predicted octanol–water partition coefficient (Wildman–Crippen LogP) is 0.0557. The van der Waals surface area contributed by atoms with Gasteiger partial charge in [-0.3, -0.25) is 14.9 Å². The maximum Gasteiger partial charge on any atom is 0.323 e. The number of hydrogen-bond acceptors (Lipinski definition) is 4. The fraction of sp³-hybridized carbons (Fsp3) is 0.700. The van der Waals surface area contributed by atoms with Crippen LogP contribution in [-0.2, 0) is 14.3 Å². The molecule has 7 heteroatoms. The van der Waals surface area contributed by atoms with Crippen molar-refractivity contribution in [1.82, 2.24) is 10.2 Å². The average molecular weight is 246 g/mol. The number of urea groups is 1. The van der Waals surface area contributed by atoms with Crippen molar-refractivity contribution in [3.63, 3.8) is 0 Å². The van der Waals surface area contributed by atoms with Crippen LogP contribution in [0.3, 0.4) is 0 Å². The number of methoxy groups -OCH3 is 1. The number of hydrogen-bond donors (Lipinski definition) is 2. The molecule has 3 amide bonds. The van der Waals surface area contributed by atoms with Gasteiger partial charge in [0, 0.05) is 33.5 Å². The lowest BCUT2D eigenvalue weighted by Crippen LogP contribution is -2.41. The number of amides is 3. The minimum absolute atomic E-state index is 0.0240. The van der Waals surface area contributed by atoms with E-state index in [0.29, 0.717) is 13.2 Å². The van der Waals surface area contributed by atoms with Gasteiger partial charge in [-0.15, -0.1) is 0 Å². The number of carboxylic acids is 1. The van der Waals surface area contributed by atoms with Crippen LogP contribution < -0.4 is 5.32 Å². The second-order valence-corrected chi connectivity index (χ2v) is 3.51. The lowest BCUT2D eigenvalue weighted by Gasteiger charge is -2.16. The van der Waals surface area contributed by atoms with Crippen LogP contribution in [0.1, 0.15) is 19.3 Å². The zero-order valence-corrected chi connectivity index (χ0v) is 10.1. The first-order chi connectivity index (χ1) is 7.97. The molecule has 0 heterocycles. The van der Waals surface area contributed by atoms with Crippen LogP contribution in [-0.4, -0.2) is 55.2 Å². The van der Waals surface area contributed by atoms with Crippen molar-refractivity contribution >= 4 is 17.9 Å². The third kappa shape index (κ3) is 8.21. The summed E-state index contributed by atoms with van der Waals surface area (Å²) < 4.78 is 4.79. The van der Waals surface area contributed by atoms with E-state index in [1.54, 1.807) is 7.05 Å². The summed E-state index contributed by atoms with van der Waals surface area (Å²) >= 11 is 0. The Kier molecular flexibility index (Phi) is 7.70. The Morgan fingerprint density at radius 2 is 1.94 bits per heavy atom. The van der Waals surface area contributed by atoms with Crippen molar-refractivity contribution in [2.75, 3.05) is 27.3 Å². The number of carbonyl (C=O) groups excluding carboxylic acids is 2. The molecule has 0 radical (unpaired) electrons. The highest BCUT2D eigenvalue weighted by molar-refractivity contribution is 5.94. The Labute approximate surface area is 99.7 Å². The Morgan fingerprint density at radius 3 is 2.47 bits per heavy atom. The van der Waals surface area contributed by atoms with Crippen molar-refractivity contribution in [3.8, 4) is 0 Å². The molecule has 0 aliphatic carbocycles. The fourth-order valence-electron chi connectivity index (χ4n) is 1.01. The number of carboxylic acid groups (broad SMARTS) is 1. The predicted molar refractivity (Wildman–Crippen MR) is 59.5 cm³/mol. The maximum absolute atomic E-state index is 11.4. The maximum atomic E-state index is 11.4. The fourth-order valence-corrected chi connectivity index (χ4v) is 1.01. The number of likely N-dealkylation sites (N-methyl/N-ethyl adjacent to an activating group) is 1. The molecule has 98 valence electrons. The van der Waals surface area contributed by atoms with Gasteiger partial charge in [0.25, 0.3) is 0 Å².